The molecule has 1 saturated carbocycles. The molecule has 1 aliphatic carbocycles. The van der Waals surface area contributed by atoms with E-state index in [4.69, 9.17) is 0 Å². The number of carbonyl (C=O) groups is 1. The van der Waals surface area contributed by atoms with Crippen LogP contribution < -0.4 is 11.0 Å². The van der Waals surface area contributed by atoms with Crippen molar-refractivity contribution in [2.24, 2.45) is 5.92 Å². The van der Waals surface area contributed by atoms with Crippen LogP contribution in [0.4, 0.5) is 0 Å². The summed E-state index contributed by atoms with van der Waals surface area (Å²) >= 11 is 0. The SMILES string of the molecule is Cc1nc(=O)[nH]c(C)c1CCC(=O)N[C@@H](Cc1ccccc1)C1CC(O)C1. The number of aryl methyl sites for hydroxylation is 2. The zero-order chi connectivity index (χ0) is 19.4. The molecule has 0 radical (unpaired) electrons. The van der Waals surface area contributed by atoms with Crippen molar-refractivity contribution >= 4 is 5.91 Å². The van der Waals surface area contributed by atoms with Gasteiger partial charge >= 0.3 is 5.69 Å². The summed E-state index contributed by atoms with van der Waals surface area (Å²) in [4.78, 5) is 30.6. The summed E-state index contributed by atoms with van der Waals surface area (Å²) in [7, 11) is 0. The highest BCUT2D eigenvalue weighted by Crippen LogP contribution is 2.31. The first-order valence-electron chi connectivity index (χ1n) is 9.50. The van der Waals surface area contributed by atoms with E-state index in [0.717, 1.165) is 30.5 Å². The number of nitrogens with zero attached hydrogens (tertiary/aromatic N) is 1. The average Bonchev–Trinajstić information content (AvgIpc) is 2.58. The van der Waals surface area contributed by atoms with Crippen LogP contribution in [0.2, 0.25) is 0 Å². The van der Waals surface area contributed by atoms with E-state index < -0.39 is 0 Å². The largest absolute Gasteiger partial charge is 0.393 e. The fourth-order valence-corrected chi connectivity index (χ4v) is 3.80. The number of H-pyrrole nitrogens is 1. The molecule has 6 nitrogen and oxygen atoms in total. The van der Waals surface area contributed by atoms with Crippen LogP contribution in [0.15, 0.2) is 35.1 Å². The van der Waals surface area contributed by atoms with Gasteiger partial charge in [-0.1, -0.05) is 30.3 Å². The van der Waals surface area contributed by atoms with Crippen molar-refractivity contribution in [2.45, 2.75) is 58.1 Å². The van der Waals surface area contributed by atoms with Gasteiger partial charge in [-0.2, -0.15) is 4.98 Å². The lowest BCUT2D eigenvalue weighted by Crippen LogP contribution is -2.48. The first-order valence-corrected chi connectivity index (χ1v) is 9.50. The minimum Gasteiger partial charge on any atom is -0.393 e. The number of hydrogen-bond donors (Lipinski definition) is 3. The lowest BCUT2D eigenvalue weighted by Gasteiger charge is -2.38. The van der Waals surface area contributed by atoms with Gasteiger partial charge in [0.25, 0.3) is 0 Å². The highest BCUT2D eigenvalue weighted by atomic mass is 16.3. The van der Waals surface area contributed by atoms with Crippen LogP contribution in [0.25, 0.3) is 0 Å². The lowest BCUT2D eigenvalue weighted by molar-refractivity contribution is -0.122. The Kier molecular flexibility index (Phi) is 6.06. The molecule has 1 heterocycles. The Morgan fingerprint density at radius 1 is 1.30 bits per heavy atom. The highest BCUT2D eigenvalue weighted by molar-refractivity contribution is 5.76. The van der Waals surface area contributed by atoms with Crippen LogP contribution in [0, 0.1) is 19.8 Å². The summed E-state index contributed by atoms with van der Waals surface area (Å²) in [6.07, 6.45) is 2.87. The molecular formula is C21H27N3O3. The molecule has 2 aromatic rings. The fourth-order valence-electron chi connectivity index (χ4n) is 3.80. The van der Waals surface area contributed by atoms with E-state index in [9.17, 15) is 14.7 Å². The van der Waals surface area contributed by atoms with Crippen LogP contribution in [0.1, 0.15) is 41.8 Å². The molecule has 144 valence electrons. The zero-order valence-corrected chi connectivity index (χ0v) is 15.9. The number of aromatic nitrogens is 2. The molecule has 1 aromatic heterocycles. The van der Waals surface area contributed by atoms with Crippen molar-refractivity contribution in [1.82, 2.24) is 15.3 Å². The van der Waals surface area contributed by atoms with Gasteiger partial charge in [0.15, 0.2) is 0 Å². The van der Waals surface area contributed by atoms with E-state index >= 15 is 0 Å². The average molecular weight is 369 g/mol. The molecule has 1 atom stereocenters. The molecule has 1 aliphatic rings. The standard InChI is InChI=1S/C21H27N3O3/c1-13-18(14(2)23-21(27)22-13)8-9-20(26)24-19(16-11-17(25)12-16)10-15-6-4-3-5-7-15/h3-7,16-17,19,25H,8-12H2,1-2H3,(H,24,26)(H,22,23,27)/t16?,17?,19-/m0/s1. The number of hydrogen-bond acceptors (Lipinski definition) is 4. The van der Waals surface area contributed by atoms with E-state index in [1.54, 1.807) is 6.92 Å². The zero-order valence-electron chi connectivity index (χ0n) is 15.9. The van der Waals surface area contributed by atoms with Crippen LogP contribution in [-0.2, 0) is 17.6 Å². The number of benzene rings is 1. The highest BCUT2D eigenvalue weighted by Gasteiger charge is 2.34. The van der Waals surface area contributed by atoms with E-state index in [0.29, 0.717) is 24.5 Å². The Morgan fingerprint density at radius 2 is 2.00 bits per heavy atom. The van der Waals surface area contributed by atoms with Gasteiger partial charge in [-0.3, -0.25) is 4.79 Å². The molecule has 3 rings (SSSR count). The Bertz CT molecular complexity index is 815. The summed E-state index contributed by atoms with van der Waals surface area (Å²) in [6.45, 7) is 3.63. The quantitative estimate of drug-likeness (QED) is 0.694. The molecule has 1 amide bonds. The molecule has 1 fully saturated rings. The Balaban J connectivity index is 1.61. The van der Waals surface area contributed by atoms with Crippen molar-refractivity contribution in [3.63, 3.8) is 0 Å². The van der Waals surface area contributed by atoms with Crippen molar-refractivity contribution in [3.05, 3.63) is 63.3 Å². The van der Waals surface area contributed by atoms with E-state index in [1.165, 1.54) is 5.56 Å². The molecule has 3 N–H and O–H groups in total. The van der Waals surface area contributed by atoms with Gasteiger partial charge in [0, 0.05) is 23.9 Å². The predicted molar refractivity (Wildman–Crippen MR) is 103 cm³/mol. The number of rotatable bonds is 7. The number of carbonyl (C=O) groups excluding carboxylic acids is 1. The number of aliphatic hydroxyl groups is 1. The third-order valence-electron chi connectivity index (χ3n) is 5.42. The number of amides is 1. The lowest BCUT2D eigenvalue weighted by atomic mass is 9.75. The summed E-state index contributed by atoms with van der Waals surface area (Å²) < 4.78 is 0. The summed E-state index contributed by atoms with van der Waals surface area (Å²) in [5.74, 6) is 0.296. The maximum Gasteiger partial charge on any atom is 0.345 e. The maximum atomic E-state index is 12.6. The Hall–Kier alpha value is -2.47. The first-order chi connectivity index (χ1) is 12.9. The smallest absolute Gasteiger partial charge is 0.345 e. The van der Waals surface area contributed by atoms with E-state index in [1.807, 2.05) is 25.1 Å². The van der Waals surface area contributed by atoms with Gasteiger partial charge in [0.1, 0.15) is 0 Å². The maximum absolute atomic E-state index is 12.6. The van der Waals surface area contributed by atoms with E-state index in [-0.39, 0.29) is 23.7 Å². The van der Waals surface area contributed by atoms with Crippen LogP contribution in [-0.4, -0.2) is 33.1 Å². The summed E-state index contributed by atoms with van der Waals surface area (Å²) in [6, 6.07) is 10.1. The molecule has 0 bridgehead atoms. The fraction of sp³-hybridized carbons (Fsp3) is 0.476. The third kappa shape index (κ3) is 5.04. The molecule has 0 unspecified atom stereocenters. The van der Waals surface area contributed by atoms with Crippen LogP contribution in [0.3, 0.4) is 0 Å². The van der Waals surface area contributed by atoms with Gasteiger partial charge in [-0.25, -0.2) is 4.79 Å². The predicted octanol–water partition coefficient (Wildman–Crippen LogP) is 1.82. The molecule has 0 aliphatic heterocycles. The van der Waals surface area contributed by atoms with Crippen molar-refractivity contribution in [2.75, 3.05) is 0 Å². The van der Waals surface area contributed by atoms with Gasteiger partial charge in [0.05, 0.1) is 6.10 Å². The summed E-state index contributed by atoms with van der Waals surface area (Å²) in [5.41, 5.74) is 3.18. The second kappa shape index (κ2) is 8.48. The number of nitrogens with one attached hydrogen (secondary N) is 2. The Labute approximate surface area is 159 Å². The molecule has 27 heavy (non-hydrogen) atoms. The normalized spacial score (nSPS) is 20.0. The van der Waals surface area contributed by atoms with Crippen LogP contribution in [0.5, 0.6) is 0 Å². The van der Waals surface area contributed by atoms with Gasteiger partial charge in [0.2, 0.25) is 5.91 Å². The minimum absolute atomic E-state index is 0.0117. The second-order valence-corrected chi connectivity index (χ2v) is 7.48. The molecular weight excluding hydrogens is 342 g/mol. The van der Waals surface area contributed by atoms with E-state index in [2.05, 4.69) is 27.4 Å². The topological polar surface area (TPSA) is 95.1 Å². The third-order valence-corrected chi connectivity index (χ3v) is 5.42. The monoisotopic (exact) mass is 369 g/mol. The Morgan fingerprint density at radius 3 is 2.63 bits per heavy atom. The second-order valence-electron chi connectivity index (χ2n) is 7.48. The minimum atomic E-state index is -0.357. The molecule has 0 saturated heterocycles. The number of aliphatic hydroxyl groups excluding tert-OH is 1. The van der Waals surface area contributed by atoms with Gasteiger partial charge in [-0.15, -0.1) is 0 Å². The molecule has 6 heteroatoms. The number of aromatic amines is 1. The van der Waals surface area contributed by atoms with Crippen molar-refractivity contribution in [1.29, 1.82) is 0 Å². The first kappa shape index (κ1) is 19.3. The van der Waals surface area contributed by atoms with Crippen molar-refractivity contribution < 1.29 is 9.90 Å². The van der Waals surface area contributed by atoms with Crippen LogP contribution >= 0.6 is 0 Å². The molecule has 1 aromatic carbocycles. The van der Waals surface area contributed by atoms with Gasteiger partial charge in [-0.05, 0) is 56.6 Å². The summed E-state index contributed by atoms with van der Waals surface area (Å²) in [5, 5.41) is 12.8. The van der Waals surface area contributed by atoms with Crippen molar-refractivity contribution in [3.8, 4) is 0 Å². The molecule has 0 spiro atoms. The van der Waals surface area contributed by atoms with Gasteiger partial charge < -0.3 is 15.4 Å².